The van der Waals surface area contributed by atoms with Gasteiger partial charge in [0.1, 0.15) is 5.76 Å². The van der Waals surface area contributed by atoms with Gasteiger partial charge in [-0.3, -0.25) is 4.79 Å². The molecule has 3 aromatic rings. The fraction of sp³-hybridized carbons (Fsp3) is 0.125. The molecular formula is C16H14N2O3. The number of benzene rings is 1. The van der Waals surface area contributed by atoms with Crippen molar-refractivity contribution < 1.29 is 13.6 Å². The minimum absolute atomic E-state index is 0.199. The summed E-state index contributed by atoms with van der Waals surface area (Å²) in [6.45, 7) is 3.81. The van der Waals surface area contributed by atoms with Crippen LogP contribution in [-0.2, 0) is 0 Å². The lowest BCUT2D eigenvalue weighted by molar-refractivity contribution is 0.102. The topological polar surface area (TPSA) is 68.3 Å². The number of anilines is 1. The summed E-state index contributed by atoms with van der Waals surface area (Å²) in [7, 11) is 0. The molecule has 0 radical (unpaired) electrons. The molecule has 21 heavy (non-hydrogen) atoms. The highest BCUT2D eigenvalue weighted by atomic mass is 16.4. The lowest BCUT2D eigenvalue weighted by Crippen LogP contribution is -2.13. The summed E-state index contributed by atoms with van der Waals surface area (Å²) in [6.07, 6.45) is 1.23. The molecule has 0 aliphatic rings. The molecule has 1 aromatic carbocycles. The number of amides is 1. The van der Waals surface area contributed by atoms with E-state index < -0.39 is 0 Å². The van der Waals surface area contributed by atoms with E-state index in [0.29, 0.717) is 17.2 Å². The predicted molar refractivity (Wildman–Crippen MR) is 78.1 cm³/mol. The van der Waals surface area contributed by atoms with Crippen LogP contribution in [0.25, 0.3) is 11.5 Å². The Morgan fingerprint density at radius 3 is 2.52 bits per heavy atom. The highest BCUT2D eigenvalue weighted by Gasteiger charge is 2.20. The monoisotopic (exact) mass is 282 g/mol. The van der Waals surface area contributed by atoms with Gasteiger partial charge in [-0.1, -0.05) is 17.7 Å². The summed E-state index contributed by atoms with van der Waals surface area (Å²) in [5.41, 5.74) is 2.03. The van der Waals surface area contributed by atoms with E-state index >= 15 is 0 Å². The number of furan rings is 1. The zero-order valence-electron chi connectivity index (χ0n) is 11.7. The number of nitrogens with one attached hydrogen (secondary N) is 1. The number of hydrogen-bond acceptors (Lipinski definition) is 4. The first kappa shape index (κ1) is 13.2. The molecule has 1 N–H and O–H groups in total. The summed E-state index contributed by atoms with van der Waals surface area (Å²) in [4.78, 5) is 16.3. The minimum atomic E-state index is -0.336. The highest BCUT2D eigenvalue weighted by molar-refractivity contribution is 6.06. The van der Waals surface area contributed by atoms with E-state index in [0.717, 1.165) is 11.3 Å². The van der Waals surface area contributed by atoms with Gasteiger partial charge in [0.2, 0.25) is 5.76 Å². The third kappa shape index (κ3) is 2.72. The third-order valence-electron chi connectivity index (χ3n) is 3.06. The van der Waals surface area contributed by atoms with Crippen LogP contribution in [0.5, 0.6) is 0 Å². The molecule has 5 heteroatoms. The van der Waals surface area contributed by atoms with Crippen LogP contribution in [-0.4, -0.2) is 10.9 Å². The minimum Gasteiger partial charge on any atom is -0.458 e. The predicted octanol–water partition coefficient (Wildman–Crippen LogP) is 3.80. The van der Waals surface area contributed by atoms with E-state index in [-0.39, 0.29) is 11.6 Å². The number of hydrogen-bond donors (Lipinski definition) is 1. The molecule has 0 aliphatic carbocycles. The molecule has 0 unspecified atom stereocenters. The summed E-state index contributed by atoms with van der Waals surface area (Å²) in [5.74, 6) is 1.22. The van der Waals surface area contributed by atoms with E-state index in [9.17, 15) is 4.79 Å². The van der Waals surface area contributed by atoms with Gasteiger partial charge < -0.3 is 14.2 Å². The van der Waals surface area contributed by atoms with Gasteiger partial charge in [0.15, 0.2) is 17.8 Å². The Bertz CT molecular complexity index is 769. The number of carbonyl (C=O) groups is 1. The van der Waals surface area contributed by atoms with Crippen LogP contribution in [0.1, 0.15) is 21.8 Å². The standard InChI is InChI=1S/C16H14N2O3/c1-10-3-6-12(7-4-10)18-16(19)14-15(20-9-17-14)13-8-5-11(2)21-13/h3-9H,1-2H3,(H,18,19). The van der Waals surface area contributed by atoms with Crippen molar-refractivity contribution >= 4 is 11.6 Å². The molecule has 2 heterocycles. The lowest BCUT2D eigenvalue weighted by atomic mass is 10.2. The molecular weight excluding hydrogens is 268 g/mol. The zero-order valence-corrected chi connectivity index (χ0v) is 11.7. The number of carbonyl (C=O) groups excluding carboxylic acids is 1. The van der Waals surface area contributed by atoms with Gasteiger partial charge in [-0.2, -0.15) is 0 Å². The molecule has 1 amide bonds. The van der Waals surface area contributed by atoms with E-state index in [1.54, 1.807) is 12.1 Å². The Balaban J connectivity index is 1.86. The molecule has 0 spiro atoms. The van der Waals surface area contributed by atoms with Crippen molar-refractivity contribution in [3.8, 4) is 11.5 Å². The van der Waals surface area contributed by atoms with Crippen molar-refractivity contribution in [3.63, 3.8) is 0 Å². The molecule has 0 saturated heterocycles. The smallest absolute Gasteiger partial charge is 0.278 e. The lowest BCUT2D eigenvalue weighted by Gasteiger charge is -2.04. The Morgan fingerprint density at radius 1 is 1.10 bits per heavy atom. The molecule has 0 bridgehead atoms. The SMILES string of the molecule is Cc1ccc(NC(=O)c2ncoc2-c2ccc(C)o2)cc1. The van der Waals surface area contributed by atoms with Gasteiger partial charge in [-0.15, -0.1) is 0 Å². The van der Waals surface area contributed by atoms with Crippen LogP contribution in [0.2, 0.25) is 0 Å². The maximum atomic E-state index is 12.3. The van der Waals surface area contributed by atoms with E-state index in [2.05, 4.69) is 10.3 Å². The summed E-state index contributed by atoms with van der Waals surface area (Å²) < 4.78 is 10.7. The second kappa shape index (κ2) is 5.28. The van der Waals surface area contributed by atoms with Crippen molar-refractivity contribution in [1.82, 2.24) is 4.98 Å². The average molecular weight is 282 g/mol. The number of aryl methyl sites for hydroxylation is 2. The molecule has 0 aliphatic heterocycles. The van der Waals surface area contributed by atoms with E-state index in [4.69, 9.17) is 8.83 Å². The fourth-order valence-corrected chi connectivity index (χ4v) is 1.97. The van der Waals surface area contributed by atoms with Gasteiger partial charge in [0.05, 0.1) is 0 Å². The Morgan fingerprint density at radius 2 is 1.86 bits per heavy atom. The summed E-state index contributed by atoms with van der Waals surface area (Å²) >= 11 is 0. The van der Waals surface area contributed by atoms with Gasteiger partial charge in [0, 0.05) is 5.69 Å². The fourth-order valence-electron chi connectivity index (χ4n) is 1.97. The van der Waals surface area contributed by atoms with Crippen molar-refractivity contribution in [3.05, 3.63) is 59.8 Å². The molecule has 0 saturated carbocycles. The van der Waals surface area contributed by atoms with Gasteiger partial charge in [0.25, 0.3) is 5.91 Å². The molecule has 106 valence electrons. The van der Waals surface area contributed by atoms with Crippen LogP contribution in [0.3, 0.4) is 0 Å². The summed E-state index contributed by atoms with van der Waals surface area (Å²) in [6, 6.07) is 11.1. The third-order valence-corrected chi connectivity index (χ3v) is 3.06. The van der Waals surface area contributed by atoms with Gasteiger partial charge in [-0.25, -0.2) is 4.98 Å². The number of rotatable bonds is 3. The molecule has 0 fully saturated rings. The molecule has 3 rings (SSSR count). The second-order valence-corrected chi connectivity index (χ2v) is 4.76. The van der Waals surface area contributed by atoms with E-state index in [1.807, 2.05) is 38.1 Å². The van der Waals surface area contributed by atoms with Crippen LogP contribution >= 0.6 is 0 Å². The quantitative estimate of drug-likeness (QED) is 0.793. The van der Waals surface area contributed by atoms with E-state index in [1.165, 1.54) is 6.39 Å². The first-order chi connectivity index (χ1) is 10.1. The maximum Gasteiger partial charge on any atom is 0.278 e. The first-order valence-corrected chi connectivity index (χ1v) is 6.52. The van der Waals surface area contributed by atoms with Crippen LogP contribution in [0.4, 0.5) is 5.69 Å². The number of aromatic nitrogens is 1. The first-order valence-electron chi connectivity index (χ1n) is 6.52. The Kier molecular flexibility index (Phi) is 3.31. The van der Waals surface area contributed by atoms with Crippen LogP contribution in [0.15, 0.2) is 51.6 Å². The highest BCUT2D eigenvalue weighted by Crippen LogP contribution is 2.25. The Hall–Kier alpha value is -2.82. The van der Waals surface area contributed by atoms with Gasteiger partial charge >= 0.3 is 0 Å². The number of nitrogens with zero attached hydrogens (tertiary/aromatic N) is 1. The van der Waals surface area contributed by atoms with Gasteiger partial charge in [-0.05, 0) is 38.1 Å². The molecule has 5 nitrogen and oxygen atoms in total. The van der Waals surface area contributed by atoms with Crippen LogP contribution < -0.4 is 5.32 Å². The Labute approximate surface area is 121 Å². The van der Waals surface area contributed by atoms with Crippen molar-refractivity contribution in [2.75, 3.05) is 5.32 Å². The average Bonchev–Trinajstić information content (AvgIpc) is 3.09. The molecule has 0 atom stereocenters. The largest absolute Gasteiger partial charge is 0.458 e. The van der Waals surface area contributed by atoms with Crippen LogP contribution in [0, 0.1) is 13.8 Å². The number of oxazole rings is 1. The van der Waals surface area contributed by atoms with Crippen molar-refractivity contribution in [2.24, 2.45) is 0 Å². The zero-order chi connectivity index (χ0) is 14.8. The second-order valence-electron chi connectivity index (χ2n) is 4.76. The summed E-state index contributed by atoms with van der Waals surface area (Å²) in [5, 5.41) is 2.79. The normalized spacial score (nSPS) is 10.6. The molecule has 2 aromatic heterocycles. The van der Waals surface area contributed by atoms with Crippen molar-refractivity contribution in [1.29, 1.82) is 0 Å². The maximum absolute atomic E-state index is 12.3. The van der Waals surface area contributed by atoms with Crippen molar-refractivity contribution in [2.45, 2.75) is 13.8 Å².